The van der Waals surface area contributed by atoms with Gasteiger partial charge in [-0.25, -0.2) is 0 Å². The number of nitrogens with one attached hydrogen (secondary N) is 1. The zero-order valence-electron chi connectivity index (χ0n) is 18.9. The minimum Gasteiger partial charge on any atom is -0.368 e. The summed E-state index contributed by atoms with van der Waals surface area (Å²) in [7, 11) is 3.98. The minimum atomic E-state index is -0.227. The van der Waals surface area contributed by atoms with E-state index in [9.17, 15) is 4.79 Å². The molecule has 2 aliphatic heterocycles. The van der Waals surface area contributed by atoms with Crippen molar-refractivity contribution in [1.82, 2.24) is 20.0 Å². The number of nitrogens with zero attached hydrogens (tertiary/aromatic N) is 4. The summed E-state index contributed by atoms with van der Waals surface area (Å²) in [5, 5.41) is 3.53. The molecule has 0 saturated carbocycles. The highest BCUT2D eigenvalue weighted by atomic mass is 16.5. The maximum Gasteiger partial charge on any atom is 0.251 e. The average molecular weight is 416 g/mol. The van der Waals surface area contributed by atoms with Crippen LogP contribution in [0.3, 0.4) is 0 Å². The molecule has 3 rings (SSSR count). The number of amides is 1. The van der Waals surface area contributed by atoms with E-state index >= 15 is 0 Å². The topological polar surface area (TPSA) is 60.4 Å². The molecule has 2 heterocycles. The van der Waals surface area contributed by atoms with E-state index in [1.165, 1.54) is 11.1 Å². The van der Waals surface area contributed by atoms with Gasteiger partial charge in [0, 0.05) is 59.0 Å². The summed E-state index contributed by atoms with van der Waals surface area (Å²) >= 11 is 0. The van der Waals surface area contributed by atoms with Crippen LogP contribution in [0.2, 0.25) is 0 Å². The summed E-state index contributed by atoms with van der Waals surface area (Å²) in [5.74, 6) is 1.05. The second kappa shape index (κ2) is 10.8. The number of hydrogen-bond acceptors (Lipinski definition) is 4. The molecule has 1 amide bonds. The molecule has 7 nitrogen and oxygen atoms in total. The summed E-state index contributed by atoms with van der Waals surface area (Å²) in [4.78, 5) is 23.6. The standard InChI is InChI=1S/C23H37N5O2/c1-18(2)26(4)17-20-9-6-5-8-19(20)16-25-23(24-3)28-13-11-27(12-14-28)22(29)21-10-7-15-30-21/h5-6,8-9,18,21H,7,10-17H2,1-4H3,(H,24,25). The van der Waals surface area contributed by atoms with Crippen LogP contribution in [-0.2, 0) is 22.6 Å². The first kappa shape index (κ1) is 22.6. The molecule has 30 heavy (non-hydrogen) atoms. The van der Waals surface area contributed by atoms with Gasteiger partial charge >= 0.3 is 0 Å². The molecule has 1 atom stereocenters. The Morgan fingerprint density at radius 3 is 2.47 bits per heavy atom. The van der Waals surface area contributed by atoms with Gasteiger partial charge in [-0.15, -0.1) is 0 Å². The highest BCUT2D eigenvalue weighted by Crippen LogP contribution is 2.16. The molecule has 0 aliphatic carbocycles. The lowest BCUT2D eigenvalue weighted by atomic mass is 10.1. The first-order valence-electron chi connectivity index (χ1n) is 11.1. The Morgan fingerprint density at radius 2 is 1.87 bits per heavy atom. The zero-order chi connectivity index (χ0) is 21.5. The predicted octanol–water partition coefficient (Wildman–Crippen LogP) is 1.93. The van der Waals surface area contributed by atoms with Gasteiger partial charge in [-0.05, 0) is 44.9 Å². The van der Waals surface area contributed by atoms with Gasteiger partial charge in [0.1, 0.15) is 6.10 Å². The molecule has 1 unspecified atom stereocenters. The number of benzene rings is 1. The Hall–Kier alpha value is -2.12. The van der Waals surface area contributed by atoms with Crippen molar-refractivity contribution in [1.29, 1.82) is 0 Å². The van der Waals surface area contributed by atoms with E-state index in [0.29, 0.717) is 12.6 Å². The lowest BCUT2D eigenvalue weighted by Crippen LogP contribution is -2.55. The van der Waals surface area contributed by atoms with Crippen LogP contribution in [0.4, 0.5) is 0 Å². The van der Waals surface area contributed by atoms with Gasteiger partial charge in [0.15, 0.2) is 5.96 Å². The fourth-order valence-electron chi connectivity index (χ4n) is 3.96. The summed E-state index contributed by atoms with van der Waals surface area (Å²) in [6.07, 6.45) is 1.61. The maximum atomic E-state index is 12.6. The fraction of sp³-hybridized carbons (Fsp3) is 0.652. The van der Waals surface area contributed by atoms with Crippen molar-refractivity contribution in [3.8, 4) is 0 Å². The van der Waals surface area contributed by atoms with E-state index in [-0.39, 0.29) is 12.0 Å². The third kappa shape index (κ3) is 5.73. The van der Waals surface area contributed by atoms with Crippen LogP contribution in [0.1, 0.15) is 37.8 Å². The maximum absolute atomic E-state index is 12.6. The Morgan fingerprint density at radius 1 is 1.20 bits per heavy atom. The molecule has 1 aromatic carbocycles. The van der Waals surface area contributed by atoms with Gasteiger partial charge in [-0.1, -0.05) is 24.3 Å². The van der Waals surface area contributed by atoms with Crippen molar-refractivity contribution in [3.05, 3.63) is 35.4 Å². The lowest BCUT2D eigenvalue weighted by Gasteiger charge is -2.37. The van der Waals surface area contributed by atoms with Crippen LogP contribution in [0.5, 0.6) is 0 Å². The number of aliphatic imine (C=N–C) groups is 1. The zero-order valence-corrected chi connectivity index (χ0v) is 18.9. The quantitative estimate of drug-likeness (QED) is 0.568. The number of hydrogen-bond donors (Lipinski definition) is 1. The first-order chi connectivity index (χ1) is 14.5. The van der Waals surface area contributed by atoms with E-state index in [0.717, 1.165) is 58.1 Å². The number of rotatable bonds is 6. The van der Waals surface area contributed by atoms with Crippen LogP contribution in [0, 0.1) is 0 Å². The monoisotopic (exact) mass is 415 g/mol. The predicted molar refractivity (Wildman–Crippen MR) is 120 cm³/mol. The van der Waals surface area contributed by atoms with Crippen LogP contribution >= 0.6 is 0 Å². The molecule has 2 saturated heterocycles. The van der Waals surface area contributed by atoms with Gasteiger partial charge in [-0.2, -0.15) is 0 Å². The second-order valence-corrected chi connectivity index (χ2v) is 8.49. The van der Waals surface area contributed by atoms with Gasteiger partial charge in [0.2, 0.25) is 0 Å². The Balaban J connectivity index is 1.53. The first-order valence-corrected chi connectivity index (χ1v) is 11.1. The fourth-order valence-corrected chi connectivity index (χ4v) is 3.96. The van der Waals surface area contributed by atoms with E-state index in [1.807, 2.05) is 11.9 Å². The average Bonchev–Trinajstić information content (AvgIpc) is 3.30. The van der Waals surface area contributed by atoms with Crippen LogP contribution in [0.25, 0.3) is 0 Å². The summed E-state index contributed by atoms with van der Waals surface area (Å²) < 4.78 is 5.56. The molecule has 7 heteroatoms. The van der Waals surface area contributed by atoms with Crippen LogP contribution < -0.4 is 5.32 Å². The van der Waals surface area contributed by atoms with Crippen molar-refractivity contribution in [2.45, 2.75) is 51.9 Å². The van der Waals surface area contributed by atoms with E-state index < -0.39 is 0 Å². The highest BCUT2D eigenvalue weighted by molar-refractivity contribution is 5.82. The normalized spacial score (nSPS) is 20.3. The number of piperazine rings is 1. The molecule has 1 aromatic rings. The van der Waals surface area contributed by atoms with Crippen LogP contribution in [-0.4, -0.2) is 85.6 Å². The summed E-state index contributed by atoms with van der Waals surface area (Å²) in [5.41, 5.74) is 2.63. The van der Waals surface area contributed by atoms with E-state index in [1.54, 1.807) is 0 Å². The van der Waals surface area contributed by atoms with Crippen molar-refractivity contribution >= 4 is 11.9 Å². The Kier molecular flexibility index (Phi) is 8.10. The summed E-state index contributed by atoms with van der Waals surface area (Å²) in [6, 6.07) is 9.09. The molecule has 1 N–H and O–H groups in total. The summed E-state index contributed by atoms with van der Waals surface area (Å²) in [6.45, 7) is 9.82. The number of ether oxygens (including phenoxy) is 1. The largest absolute Gasteiger partial charge is 0.368 e. The molecule has 2 fully saturated rings. The molecular formula is C23H37N5O2. The van der Waals surface area contributed by atoms with Gasteiger partial charge < -0.3 is 19.9 Å². The van der Waals surface area contributed by atoms with Gasteiger partial charge in [-0.3, -0.25) is 14.7 Å². The molecule has 0 bridgehead atoms. The molecule has 0 aromatic heterocycles. The third-order valence-electron chi connectivity index (χ3n) is 6.16. The number of guanidine groups is 1. The smallest absolute Gasteiger partial charge is 0.251 e. The van der Waals surface area contributed by atoms with Crippen molar-refractivity contribution in [3.63, 3.8) is 0 Å². The second-order valence-electron chi connectivity index (χ2n) is 8.49. The van der Waals surface area contributed by atoms with E-state index in [4.69, 9.17) is 4.74 Å². The third-order valence-corrected chi connectivity index (χ3v) is 6.16. The molecular weight excluding hydrogens is 378 g/mol. The number of carbonyl (C=O) groups excluding carboxylic acids is 1. The van der Waals surface area contributed by atoms with Gasteiger partial charge in [0.05, 0.1) is 0 Å². The lowest BCUT2D eigenvalue weighted by molar-refractivity contribution is -0.142. The van der Waals surface area contributed by atoms with Crippen molar-refractivity contribution in [2.24, 2.45) is 4.99 Å². The van der Waals surface area contributed by atoms with Gasteiger partial charge in [0.25, 0.3) is 5.91 Å². The Labute approximate surface area is 181 Å². The van der Waals surface area contributed by atoms with Crippen LogP contribution in [0.15, 0.2) is 29.3 Å². The highest BCUT2D eigenvalue weighted by Gasteiger charge is 2.30. The molecule has 0 radical (unpaired) electrons. The van der Waals surface area contributed by atoms with Crippen molar-refractivity contribution in [2.75, 3.05) is 46.9 Å². The Bertz CT molecular complexity index is 722. The SMILES string of the molecule is CN=C(NCc1ccccc1CN(C)C(C)C)N1CCN(C(=O)C2CCCO2)CC1. The molecule has 166 valence electrons. The minimum absolute atomic E-state index is 0.151. The molecule has 2 aliphatic rings. The molecule has 0 spiro atoms. The van der Waals surface area contributed by atoms with E-state index in [2.05, 4.69) is 65.3 Å². The number of carbonyl (C=O) groups is 1. The van der Waals surface area contributed by atoms with Crippen molar-refractivity contribution < 1.29 is 9.53 Å².